The van der Waals surface area contributed by atoms with Gasteiger partial charge in [0.25, 0.3) is 0 Å². The van der Waals surface area contributed by atoms with E-state index in [1.54, 1.807) is 12.0 Å². The smallest absolute Gasteiger partial charge is 0.317 e. The predicted octanol–water partition coefficient (Wildman–Crippen LogP) is 1.16. The molecule has 0 bridgehead atoms. The van der Waals surface area contributed by atoms with Crippen molar-refractivity contribution in [3.63, 3.8) is 0 Å². The van der Waals surface area contributed by atoms with E-state index in [0.717, 1.165) is 5.57 Å². The van der Waals surface area contributed by atoms with Crippen LogP contribution in [0.5, 0.6) is 0 Å². The number of aliphatic carboxylic acids is 1. The minimum atomic E-state index is -0.844. The highest BCUT2D eigenvalue weighted by Crippen LogP contribution is 2.00. The van der Waals surface area contributed by atoms with Crippen LogP contribution in [0.2, 0.25) is 0 Å². The van der Waals surface area contributed by atoms with Gasteiger partial charge in [0.2, 0.25) is 0 Å². The Morgan fingerprint density at radius 1 is 1.57 bits per heavy atom. The van der Waals surface area contributed by atoms with Gasteiger partial charge >= 0.3 is 5.97 Å². The molecule has 0 rings (SSSR count). The molecule has 0 aromatic heterocycles. The molecule has 0 aromatic rings. The van der Waals surface area contributed by atoms with Gasteiger partial charge in [0, 0.05) is 25.7 Å². The maximum absolute atomic E-state index is 10.5. The number of methoxy groups -OCH3 is 1. The predicted molar refractivity (Wildman–Crippen MR) is 55.6 cm³/mol. The second kappa shape index (κ2) is 7.79. The first-order valence-corrected chi connectivity index (χ1v) is 4.72. The normalized spacial score (nSPS) is 12.1. The van der Waals surface area contributed by atoms with Gasteiger partial charge in [-0.25, -0.2) is 0 Å². The van der Waals surface area contributed by atoms with E-state index in [0.29, 0.717) is 19.7 Å². The molecule has 0 heterocycles. The number of ether oxygens (including phenoxy) is 1. The molecule has 0 aromatic carbocycles. The Bertz CT molecular complexity index is 206. The van der Waals surface area contributed by atoms with Crippen LogP contribution in [0.15, 0.2) is 11.1 Å². The zero-order valence-corrected chi connectivity index (χ0v) is 9.25. The second-order valence-corrected chi connectivity index (χ2v) is 3.27. The SMILES string of the molecule is COCCN(CC(=O)O)CC(C)=CCl. The summed E-state index contributed by atoms with van der Waals surface area (Å²) in [5, 5.41) is 8.63. The van der Waals surface area contributed by atoms with Crippen molar-refractivity contribution < 1.29 is 14.6 Å². The van der Waals surface area contributed by atoms with Gasteiger partial charge in [0.05, 0.1) is 13.2 Å². The highest BCUT2D eigenvalue weighted by molar-refractivity contribution is 6.25. The average molecular weight is 222 g/mol. The molecule has 0 saturated heterocycles. The molecule has 0 aliphatic carbocycles. The number of hydrogen-bond donors (Lipinski definition) is 1. The number of carboxylic acid groups (broad SMARTS) is 1. The fraction of sp³-hybridized carbons (Fsp3) is 0.667. The summed E-state index contributed by atoms with van der Waals surface area (Å²) in [4.78, 5) is 12.3. The van der Waals surface area contributed by atoms with E-state index in [-0.39, 0.29) is 6.54 Å². The summed E-state index contributed by atoms with van der Waals surface area (Å²) in [5.74, 6) is -0.844. The van der Waals surface area contributed by atoms with Crippen LogP contribution >= 0.6 is 11.6 Å². The fourth-order valence-corrected chi connectivity index (χ4v) is 1.08. The van der Waals surface area contributed by atoms with Crippen molar-refractivity contribution in [3.05, 3.63) is 11.1 Å². The molecule has 0 unspecified atom stereocenters. The fourth-order valence-electron chi connectivity index (χ4n) is 1.01. The van der Waals surface area contributed by atoms with Crippen LogP contribution in [0, 0.1) is 0 Å². The summed E-state index contributed by atoms with van der Waals surface area (Å²) in [6.07, 6.45) is 0. The molecular formula is C9H16ClNO3. The molecule has 4 nitrogen and oxygen atoms in total. The highest BCUT2D eigenvalue weighted by atomic mass is 35.5. The molecule has 0 saturated carbocycles. The summed E-state index contributed by atoms with van der Waals surface area (Å²) in [6.45, 7) is 3.52. The molecule has 0 spiro atoms. The van der Waals surface area contributed by atoms with Crippen LogP contribution in [0.4, 0.5) is 0 Å². The zero-order chi connectivity index (χ0) is 11.0. The van der Waals surface area contributed by atoms with Crippen LogP contribution in [0.1, 0.15) is 6.92 Å². The molecule has 0 aliphatic rings. The van der Waals surface area contributed by atoms with E-state index in [4.69, 9.17) is 21.4 Å². The van der Waals surface area contributed by atoms with Crippen molar-refractivity contribution in [3.8, 4) is 0 Å². The molecule has 14 heavy (non-hydrogen) atoms. The number of rotatable bonds is 7. The van der Waals surface area contributed by atoms with Crippen molar-refractivity contribution in [1.82, 2.24) is 4.90 Å². The van der Waals surface area contributed by atoms with Crippen LogP contribution in [-0.4, -0.2) is 49.3 Å². The van der Waals surface area contributed by atoms with E-state index in [2.05, 4.69) is 0 Å². The topological polar surface area (TPSA) is 49.8 Å². The zero-order valence-electron chi connectivity index (χ0n) is 8.49. The lowest BCUT2D eigenvalue weighted by Gasteiger charge is -2.19. The Kier molecular flexibility index (Phi) is 7.47. The van der Waals surface area contributed by atoms with Gasteiger partial charge < -0.3 is 9.84 Å². The first kappa shape index (κ1) is 13.4. The molecule has 0 aliphatic heterocycles. The molecule has 0 radical (unpaired) electrons. The molecule has 5 heteroatoms. The second-order valence-electron chi connectivity index (χ2n) is 3.05. The Labute approximate surface area is 89.1 Å². The minimum absolute atomic E-state index is 0.00539. The highest BCUT2D eigenvalue weighted by Gasteiger charge is 2.09. The largest absolute Gasteiger partial charge is 0.480 e. The van der Waals surface area contributed by atoms with Gasteiger partial charge in [-0.05, 0) is 12.5 Å². The van der Waals surface area contributed by atoms with E-state index in [9.17, 15) is 4.79 Å². The Morgan fingerprint density at radius 3 is 2.64 bits per heavy atom. The molecular weight excluding hydrogens is 206 g/mol. The van der Waals surface area contributed by atoms with Gasteiger partial charge in [-0.15, -0.1) is 0 Å². The van der Waals surface area contributed by atoms with Crippen molar-refractivity contribution in [2.45, 2.75) is 6.92 Å². The molecule has 0 atom stereocenters. The standard InChI is InChI=1S/C9H16ClNO3/c1-8(5-10)6-11(3-4-14-2)7-9(12)13/h5H,3-4,6-7H2,1-2H3,(H,12,13). The van der Waals surface area contributed by atoms with E-state index < -0.39 is 5.97 Å². The lowest BCUT2D eigenvalue weighted by atomic mass is 10.3. The minimum Gasteiger partial charge on any atom is -0.480 e. The van der Waals surface area contributed by atoms with Gasteiger partial charge in [-0.2, -0.15) is 0 Å². The molecule has 0 fully saturated rings. The summed E-state index contributed by atoms with van der Waals surface area (Å²) in [6, 6.07) is 0. The van der Waals surface area contributed by atoms with Crippen LogP contribution in [0.25, 0.3) is 0 Å². The third kappa shape index (κ3) is 6.88. The van der Waals surface area contributed by atoms with E-state index in [1.807, 2.05) is 6.92 Å². The van der Waals surface area contributed by atoms with E-state index >= 15 is 0 Å². The maximum atomic E-state index is 10.5. The lowest BCUT2D eigenvalue weighted by Crippen LogP contribution is -2.33. The quantitative estimate of drug-likeness (QED) is 0.701. The number of halogens is 1. The molecule has 82 valence electrons. The summed E-state index contributed by atoms with van der Waals surface area (Å²) in [5.41, 5.74) is 2.39. The molecule has 0 amide bonds. The summed E-state index contributed by atoms with van der Waals surface area (Å²) in [7, 11) is 1.59. The Balaban J connectivity index is 4.03. The third-order valence-electron chi connectivity index (χ3n) is 1.63. The Morgan fingerprint density at radius 2 is 2.21 bits per heavy atom. The number of hydrogen-bond acceptors (Lipinski definition) is 3. The van der Waals surface area contributed by atoms with Gasteiger partial charge in [0.1, 0.15) is 0 Å². The van der Waals surface area contributed by atoms with Crippen LogP contribution in [0.3, 0.4) is 0 Å². The average Bonchev–Trinajstić information content (AvgIpc) is 2.13. The first-order chi connectivity index (χ1) is 6.60. The summed E-state index contributed by atoms with van der Waals surface area (Å²) >= 11 is 5.50. The van der Waals surface area contributed by atoms with Crippen molar-refractivity contribution in [2.75, 3.05) is 33.4 Å². The lowest BCUT2D eigenvalue weighted by molar-refractivity contribution is -0.138. The van der Waals surface area contributed by atoms with Gasteiger partial charge in [0.15, 0.2) is 0 Å². The number of carboxylic acids is 1. The van der Waals surface area contributed by atoms with Crippen molar-refractivity contribution in [1.29, 1.82) is 0 Å². The number of nitrogens with zero attached hydrogens (tertiary/aromatic N) is 1. The van der Waals surface area contributed by atoms with Gasteiger partial charge in [-0.1, -0.05) is 11.6 Å². The molecule has 1 N–H and O–H groups in total. The van der Waals surface area contributed by atoms with Crippen molar-refractivity contribution >= 4 is 17.6 Å². The Hall–Kier alpha value is -0.580. The monoisotopic (exact) mass is 221 g/mol. The first-order valence-electron chi connectivity index (χ1n) is 4.29. The van der Waals surface area contributed by atoms with E-state index in [1.165, 1.54) is 5.54 Å². The van der Waals surface area contributed by atoms with Crippen molar-refractivity contribution in [2.24, 2.45) is 0 Å². The number of carbonyl (C=O) groups is 1. The van der Waals surface area contributed by atoms with Crippen LogP contribution < -0.4 is 0 Å². The van der Waals surface area contributed by atoms with Gasteiger partial charge in [-0.3, -0.25) is 9.69 Å². The maximum Gasteiger partial charge on any atom is 0.317 e. The third-order valence-corrected chi connectivity index (χ3v) is 2.00. The summed E-state index contributed by atoms with van der Waals surface area (Å²) < 4.78 is 4.88. The van der Waals surface area contributed by atoms with Crippen LogP contribution in [-0.2, 0) is 9.53 Å².